The quantitative estimate of drug-likeness (QED) is 0.324. The Bertz CT molecular complexity index is 729. The van der Waals surface area contributed by atoms with Crippen LogP contribution >= 0.6 is 15.9 Å². The fourth-order valence-electron chi connectivity index (χ4n) is 3.06. The van der Waals surface area contributed by atoms with Crippen LogP contribution in [0.5, 0.6) is 0 Å². The zero-order valence-corrected chi connectivity index (χ0v) is 14.9. The van der Waals surface area contributed by atoms with Crippen LogP contribution in [-0.2, 0) is 19.1 Å². The van der Waals surface area contributed by atoms with E-state index < -0.39 is 19.1 Å². The van der Waals surface area contributed by atoms with Gasteiger partial charge in [-0.25, -0.2) is 0 Å². The lowest BCUT2D eigenvalue weighted by atomic mass is 9.85. The highest BCUT2D eigenvalue weighted by Crippen LogP contribution is 2.34. The normalized spacial score (nSPS) is 22.0. The Balaban J connectivity index is 1.54. The summed E-state index contributed by atoms with van der Waals surface area (Å²) >= 11 is 3.27. The van der Waals surface area contributed by atoms with E-state index in [1.807, 2.05) is 12.2 Å². The minimum atomic E-state index is -0.765. The topological polar surface area (TPSA) is 80.8 Å². The molecule has 6 nitrogen and oxygen atoms in total. The summed E-state index contributed by atoms with van der Waals surface area (Å²) in [5.41, 5.74) is 0.418. The first-order valence-corrected chi connectivity index (χ1v) is 8.71. The van der Waals surface area contributed by atoms with Gasteiger partial charge in [0.15, 0.2) is 12.4 Å². The number of allylic oxidation sites excluding steroid dienone is 2. The number of hydrogen-bond donors (Lipinski definition) is 0. The van der Waals surface area contributed by atoms with Gasteiger partial charge in [0.05, 0.1) is 11.8 Å². The zero-order chi connectivity index (χ0) is 18.0. The molecule has 7 heteroatoms. The third kappa shape index (κ3) is 3.71. The van der Waals surface area contributed by atoms with E-state index in [1.165, 1.54) is 0 Å². The average Bonchev–Trinajstić information content (AvgIpc) is 2.86. The average molecular weight is 406 g/mol. The van der Waals surface area contributed by atoms with Gasteiger partial charge < -0.3 is 4.74 Å². The molecule has 1 aromatic carbocycles. The molecule has 1 fully saturated rings. The number of hydrogen-bond acceptors (Lipinski definition) is 5. The number of Topliss-reactive ketones (excluding diaryl/α,β-unsaturated/α-hetero) is 1. The van der Waals surface area contributed by atoms with Crippen LogP contribution in [0.1, 0.15) is 23.2 Å². The number of benzene rings is 1. The van der Waals surface area contributed by atoms with Crippen molar-refractivity contribution in [1.82, 2.24) is 4.90 Å². The number of imide groups is 1. The summed E-state index contributed by atoms with van der Waals surface area (Å²) in [5, 5.41) is 0. The van der Waals surface area contributed by atoms with Crippen LogP contribution in [0.25, 0.3) is 0 Å². The Kier molecular flexibility index (Phi) is 5.13. The first-order chi connectivity index (χ1) is 12.0. The molecule has 3 rings (SSSR count). The molecule has 1 aliphatic heterocycles. The second kappa shape index (κ2) is 7.31. The number of ether oxygens (including phenoxy) is 1. The van der Waals surface area contributed by atoms with Crippen LogP contribution in [0.15, 0.2) is 40.9 Å². The molecule has 2 aliphatic rings. The first kappa shape index (κ1) is 17.5. The van der Waals surface area contributed by atoms with Gasteiger partial charge in [0, 0.05) is 10.0 Å². The molecular weight excluding hydrogens is 390 g/mol. The lowest BCUT2D eigenvalue weighted by Gasteiger charge is -2.14. The highest BCUT2D eigenvalue weighted by Gasteiger charge is 2.47. The van der Waals surface area contributed by atoms with Crippen molar-refractivity contribution in [3.63, 3.8) is 0 Å². The van der Waals surface area contributed by atoms with Crippen LogP contribution < -0.4 is 0 Å². The van der Waals surface area contributed by atoms with Gasteiger partial charge in [0.25, 0.3) is 0 Å². The summed E-state index contributed by atoms with van der Waals surface area (Å²) in [6, 6.07) is 6.66. The third-order valence-electron chi connectivity index (χ3n) is 4.42. The molecule has 0 unspecified atom stereocenters. The second-order valence-corrected chi connectivity index (χ2v) is 6.92. The fourth-order valence-corrected chi connectivity index (χ4v) is 3.33. The number of ketones is 1. The molecule has 1 aromatic rings. The fraction of sp³-hybridized carbons (Fsp3) is 0.333. The lowest BCUT2D eigenvalue weighted by molar-refractivity contribution is -0.152. The van der Waals surface area contributed by atoms with Gasteiger partial charge in [0.1, 0.15) is 6.54 Å². The maximum atomic E-state index is 12.3. The Hall–Kier alpha value is -2.28. The lowest BCUT2D eigenvalue weighted by Crippen LogP contribution is -2.37. The highest BCUT2D eigenvalue weighted by atomic mass is 79.9. The number of halogens is 1. The summed E-state index contributed by atoms with van der Waals surface area (Å²) in [6.07, 6.45) is 4.79. The summed E-state index contributed by atoms with van der Waals surface area (Å²) in [5.74, 6) is -2.55. The zero-order valence-electron chi connectivity index (χ0n) is 13.3. The molecule has 0 N–H and O–H groups in total. The molecule has 1 aliphatic carbocycles. The van der Waals surface area contributed by atoms with Gasteiger partial charge in [-0.2, -0.15) is 0 Å². The van der Waals surface area contributed by atoms with Gasteiger partial charge in [-0.1, -0.05) is 40.2 Å². The second-order valence-electron chi connectivity index (χ2n) is 6.01. The third-order valence-corrected chi connectivity index (χ3v) is 4.95. The molecular formula is C18H16BrNO5. The minimum absolute atomic E-state index is 0.337. The molecule has 130 valence electrons. The first-order valence-electron chi connectivity index (χ1n) is 7.92. The molecule has 2 amide bonds. The Morgan fingerprint density at radius 2 is 1.60 bits per heavy atom. The molecule has 25 heavy (non-hydrogen) atoms. The number of likely N-dealkylation sites (tertiary alicyclic amines) is 1. The minimum Gasteiger partial charge on any atom is -0.456 e. The maximum absolute atomic E-state index is 12.3. The van der Waals surface area contributed by atoms with E-state index in [0.717, 1.165) is 9.37 Å². The van der Waals surface area contributed by atoms with E-state index in [0.29, 0.717) is 18.4 Å². The Morgan fingerprint density at radius 1 is 1.04 bits per heavy atom. The van der Waals surface area contributed by atoms with Crippen molar-refractivity contribution >= 4 is 39.5 Å². The SMILES string of the molecule is O=C(CN1C(=O)[C@H]2CC=CC[C@H]2C1=O)OCC(=O)c1ccc(Br)cc1. The van der Waals surface area contributed by atoms with E-state index in [-0.39, 0.29) is 29.4 Å². The molecule has 0 aromatic heterocycles. The number of fused-ring (bicyclic) bond motifs is 1. The van der Waals surface area contributed by atoms with E-state index in [9.17, 15) is 19.2 Å². The molecule has 0 radical (unpaired) electrons. The molecule has 1 saturated heterocycles. The smallest absolute Gasteiger partial charge is 0.326 e. The van der Waals surface area contributed by atoms with Crippen LogP contribution in [0.4, 0.5) is 0 Å². The molecule has 1 heterocycles. The van der Waals surface area contributed by atoms with Crippen LogP contribution in [-0.4, -0.2) is 41.6 Å². The van der Waals surface area contributed by atoms with Gasteiger partial charge in [-0.15, -0.1) is 0 Å². The number of carbonyl (C=O) groups excluding carboxylic acids is 4. The van der Waals surface area contributed by atoms with Crippen LogP contribution in [0.2, 0.25) is 0 Å². The van der Waals surface area contributed by atoms with E-state index in [4.69, 9.17) is 4.74 Å². The van der Waals surface area contributed by atoms with Crippen molar-refractivity contribution in [2.45, 2.75) is 12.8 Å². The number of amides is 2. The largest absolute Gasteiger partial charge is 0.456 e. The van der Waals surface area contributed by atoms with Crippen LogP contribution in [0, 0.1) is 11.8 Å². The van der Waals surface area contributed by atoms with Crippen molar-refractivity contribution in [1.29, 1.82) is 0 Å². The summed E-state index contributed by atoms with van der Waals surface area (Å²) in [4.78, 5) is 49.4. The number of rotatable bonds is 5. The number of nitrogens with zero attached hydrogens (tertiary/aromatic N) is 1. The van der Waals surface area contributed by atoms with Crippen LogP contribution in [0.3, 0.4) is 0 Å². The van der Waals surface area contributed by atoms with Crippen molar-refractivity contribution < 1.29 is 23.9 Å². The van der Waals surface area contributed by atoms with E-state index in [1.54, 1.807) is 24.3 Å². The number of esters is 1. The number of carbonyl (C=O) groups is 4. The predicted octanol–water partition coefficient (Wildman–Crippen LogP) is 2.13. The standard InChI is InChI=1S/C18H16BrNO5/c19-12-7-5-11(6-8-12)15(21)10-25-16(22)9-20-17(23)13-3-1-2-4-14(13)18(20)24/h1-2,5-8,13-14H,3-4,9-10H2/t13-,14+. The summed E-state index contributed by atoms with van der Waals surface area (Å²) in [7, 11) is 0. The van der Waals surface area contributed by atoms with Crippen molar-refractivity contribution in [3.05, 3.63) is 46.5 Å². The Morgan fingerprint density at radius 3 is 2.16 bits per heavy atom. The van der Waals surface area contributed by atoms with E-state index >= 15 is 0 Å². The van der Waals surface area contributed by atoms with Gasteiger partial charge in [0.2, 0.25) is 11.8 Å². The maximum Gasteiger partial charge on any atom is 0.326 e. The highest BCUT2D eigenvalue weighted by molar-refractivity contribution is 9.10. The van der Waals surface area contributed by atoms with E-state index in [2.05, 4.69) is 15.9 Å². The molecule has 2 atom stereocenters. The molecule has 0 spiro atoms. The monoisotopic (exact) mass is 405 g/mol. The summed E-state index contributed by atoms with van der Waals surface area (Å²) < 4.78 is 5.77. The van der Waals surface area contributed by atoms with Crippen molar-refractivity contribution in [2.24, 2.45) is 11.8 Å². The van der Waals surface area contributed by atoms with Gasteiger partial charge in [-0.05, 0) is 25.0 Å². The summed E-state index contributed by atoms with van der Waals surface area (Å²) in [6.45, 7) is -0.872. The van der Waals surface area contributed by atoms with Gasteiger partial charge in [-0.3, -0.25) is 24.1 Å². The van der Waals surface area contributed by atoms with Crippen molar-refractivity contribution in [2.75, 3.05) is 13.2 Å². The van der Waals surface area contributed by atoms with Gasteiger partial charge >= 0.3 is 5.97 Å². The van der Waals surface area contributed by atoms with Crippen molar-refractivity contribution in [3.8, 4) is 0 Å². The Labute approximate surface area is 152 Å². The molecule has 0 bridgehead atoms. The predicted molar refractivity (Wildman–Crippen MR) is 91.5 cm³/mol. The molecule has 0 saturated carbocycles.